The molecule has 2 aliphatic heterocycles. The zero-order chi connectivity index (χ0) is 30.7. The monoisotopic (exact) mass is 587 g/mol. The number of nitrogens with one attached hydrogen (secondary N) is 2. The molecule has 10 heteroatoms. The van der Waals surface area contributed by atoms with Crippen molar-refractivity contribution in [2.24, 2.45) is 17.1 Å². The highest BCUT2D eigenvalue weighted by Gasteiger charge is 2.55. The van der Waals surface area contributed by atoms with E-state index in [1.54, 1.807) is 9.80 Å². The fourth-order valence-corrected chi connectivity index (χ4v) is 6.06. The van der Waals surface area contributed by atoms with Crippen molar-refractivity contribution in [2.75, 3.05) is 25.0 Å². The van der Waals surface area contributed by atoms with E-state index in [2.05, 4.69) is 10.6 Å². The maximum atomic E-state index is 13.9. The molecule has 0 radical (unpaired) electrons. The molecule has 0 bridgehead atoms. The number of rotatable bonds is 9. The predicted octanol–water partition coefficient (Wildman–Crippen LogP) is 2.66. The zero-order valence-electron chi connectivity index (χ0n) is 24.9. The zero-order valence-corrected chi connectivity index (χ0v) is 24.9. The molecule has 0 spiro atoms. The van der Waals surface area contributed by atoms with Crippen molar-refractivity contribution in [3.8, 4) is 0 Å². The smallest absolute Gasteiger partial charge is 0.240 e. The predicted molar refractivity (Wildman–Crippen MR) is 164 cm³/mol. The Kier molecular flexibility index (Phi) is 9.12. The maximum absolute atomic E-state index is 13.9. The SMILES string of the molecule is CC(C)(C)C(N)C(=O)N1CCC2C1C(C(=O)Nc1cccc3ccccc13)CN2C(=O)CNC(O)OCc1ccccc1. The van der Waals surface area contributed by atoms with Crippen LogP contribution in [0.25, 0.3) is 10.8 Å². The Labute approximate surface area is 252 Å². The highest BCUT2D eigenvalue weighted by molar-refractivity contribution is 6.03. The van der Waals surface area contributed by atoms with Gasteiger partial charge in [0.05, 0.1) is 37.2 Å². The van der Waals surface area contributed by atoms with E-state index in [1.807, 2.05) is 93.6 Å². The van der Waals surface area contributed by atoms with Gasteiger partial charge in [0.25, 0.3) is 0 Å². The Balaban J connectivity index is 1.32. The minimum atomic E-state index is -1.35. The summed E-state index contributed by atoms with van der Waals surface area (Å²) in [5.41, 5.74) is 7.48. The van der Waals surface area contributed by atoms with Crippen molar-refractivity contribution in [3.05, 3.63) is 78.4 Å². The molecule has 228 valence electrons. The number of aliphatic hydroxyl groups excluding tert-OH is 1. The first-order chi connectivity index (χ1) is 20.5. The molecule has 10 nitrogen and oxygen atoms in total. The molecule has 5 atom stereocenters. The summed E-state index contributed by atoms with van der Waals surface area (Å²) in [5, 5.41) is 18.0. The van der Waals surface area contributed by atoms with Gasteiger partial charge in [0, 0.05) is 24.2 Å². The average Bonchev–Trinajstić information content (AvgIpc) is 3.59. The van der Waals surface area contributed by atoms with Gasteiger partial charge in [-0.05, 0) is 28.9 Å². The van der Waals surface area contributed by atoms with Crippen LogP contribution in [0.1, 0.15) is 32.8 Å². The lowest BCUT2D eigenvalue weighted by atomic mass is 9.86. The number of anilines is 1. The minimum absolute atomic E-state index is 0.141. The van der Waals surface area contributed by atoms with Gasteiger partial charge in [-0.2, -0.15) is 0 Å². The second-order valence-corrected chi connectivity index (χ2v) is 12.4. The summed E-state index contributed by atoms with van der Waals surface area (Å²) in [6.45, 7) is 6.27. The number of amides is 3. The van der Waals surface area contributed by atoms with Gasteiger partial charge in [0.15, 0.2) is 0 Å². The van der Waals surface area contributed by atoms with Crippen LogP contribution >= 0.6 is 0 Å². The van der Waals surface area contributed by atoms with Gasteiger partial charge in [-0.1, -0.05) is 87.5 Å². The van der Waals surface area contributed by atoms with Gasteiger partial charge < -0.3 is 30.7 Å². The van der Waals surface area contributed by atoms with Gasteiger partial charge in [-0.15, -0.1) is 0 Å². The van der Waals surface area contributed by atoms with Crippen LogP contribution < -0.4 is 16.4 Å². The third-order valence-corrected chi connectivity index (χ3v) is 8.49. The van der Waals surface area contributed by atoms with E-state index in [4.69, 9.17) is 10.5 Å². The molecule has 43 heavy (non-hydrogen) atoms. The molecular weight excluding hydrogens is 546 g/mol. The fraction of sp³-hybridized carbons (Fsp3) is 0.424. The van der Waals surface area contributed by atoms with Gasteiger partial charge in [0.2, 0.25) is 24.1 Å². The van der Waals surface area contributed by atoms with Crippen molar-refractivity contribution in [2.45, 2.75) is 58.3 Å². The number of carbonyl (C=O) groups excluding carboxylic acids is 3. The number of fused-ring (bicyclic) bond motifs is 2. The van der Waals surface area contributed by atoms with Crippen LogP contribution in [0.4, 0.5) is 5.69 Å². The van der Waals surface area contributed by atoms with Gasteiger partial charge in [-0.25, -0.2) is 0 Å². The highest BCUT2D eigenvalue weighted by Crippen LogP contribution is 2.38. The molecular formula is C33H41N5O5. The normalized spacial score (nSPS) is 21.5. The quantitative estimate of drug-likeness (QED) is 0.283. The van der Waals surface area contributed by atoms with E-state index in [0.717, 1.165) is 16.3 Å². The molecule has 5 rings (SSSR count). The molecule has 5 unspecified atom stereocenters. The molecule has 0 aromatic heterocycles. The summed E-state index contributed by atoms with van der Waals surface area (Å²) >= 11 is 0. The second-order valence-electron chi connectivity index (χ2n) is 12.4. The summed E-state index contributed by atoms with van der Waals surface area (Å²) in [4.78, 5) is 44.3. The van der Waals surface area contributed by atoms with Crippen LogP contribution in [0.2, 0.25) is 0 Å². The lowest BCUT2D eigenvalue weighted by Gasteiger charge is -2.34. The van der Waals surface area contributed by atoms with Crippen LogP contribution in [0, 0.1) is 11.3 Å². The summed E-state index contributed by atoms with van der Waals surface area (Å²) in [7, 11) is 0. The van der Waals surface area contributed by atoms with E-state index in [9.17, 15) is 19.5 Å². The number of hydrogen-bond acceptors (Lipinski definition) is 7. The molecule has 0 aliphatic carbocycles. The van der Waals surface area contributed by atoms with E-state index < -0.39 is 29.8 Å². The Hall–Kier alpha value is -3.83. The van der Waals surface area contributed by atoms with Crippen molar-refractivity contribution < 1.29 is 24.2 Å². The van der Waals surface area contributed by atoms with Crippen LogP contribution in [0.5, 0.6) is 0 Å². The molecule has 5 N–H and O–H groups in total. The van der Waals surface area contributed by atoms with Gasteiger partial charge in [-0.3, -0.25) is 19.7 Å². The highest BCUT2D eigenvalue weighted by atomic mass is 16.6. The molecule has 2 heterocycles. The topological polar surface area (TPSA) is 137 Å². The first-order valence-electron chi connectivity index (χ1n) is 14.8. The molecule has 3 amide bonds. The fourth-order valence-electron chi connectivity index (χ4n) is 6.06. The average molecular weight is 588 g/mol. The lowest BCUT2D eigenvalue weighted by Crippen LogP contribution is -2.55. The van der Waals surface area contributed by atoms with Crippen LogP contribution in [0.15, 0.2) is 72.8 Å². The number of ether oxygens (including phenoxy) is 1. The summed E-state index contributed by atoms with van der Waals surface area (Å²) in [6.07, 6.45) is -0.816. The largest absolute Gasteiger partial charge is 0.356 e. The first kappa shape index (κ1) is 30.6. The molecule has 3 aromatic rings. The maximum Gasteiger partial charge on any atom is 0.240 e. The second kappa shape index (κ2) is 12.8. The molecule has 0 saturated carbocycles. The van der Waals surface area contributed by atoms with E-state index in [1.165, 1.54) is 0 Å². The number of carbonyl (C=O) groups is 3. The van der Waals surface area contributed by atoms with Crippen LogP contribution in [0.3, 0.4) is 0 Å². The minimum Gasteiger partial charge on any atom is -0.356 e. The molecule has 3 aromatic carbocycles. The van der Waals surface area contributed by atoms with Gasteiger partial charge in [0.1, 0.15) is 0 Å². The molecule has 2 aliphatic rings. The van der Waals surface area contributed by atoms with Crippen molar-refractivity contribution >= 4 is 34.2 Å². The lowest BCUT2D eigenvalue weighted by molar-refractivity contribution is -0.144. The molecule has 2 fully saturated rings. The number of nitrogens with two attached hydrogens (primary N) is 1. The number of nitrogens with zero attached hydrogens (tertiary/aromatic N) is 2. The third kappa shape index (κ3) is 6.73. The Morgan fingerprint density at radius 3 is 2.44 bits per heavy atom. The third-order valence-electron chi connectivity index (χ3n) is 8.49. The Morgan fingerprint density at radius 2 is 1.70 bits per heavy atom. The Morgan fingerprint density at radius 1 is 1.00 bits per heavy atom. The summed E-state index contributed by atoms with van der Waals surface area (Å²) in [6, 6.07) is 21.3. The number of aliphatic hydroxyl groups is 1. The first-order valence-corrected chi connectivity index (χ1v) is 14.8. The van der Waals surface area contributed by atoms with Crippen molar-refractivity contribution in [1.82, 2.24) is 15.1 Å². The standard InChI is InChI=1S/C33H41N5O5/c1-33(2,3)29(34)31(41)37-17-16-26-28(37)24(30(40)36-25-15-9-13-22-12-7-8-14-23(22)25)19-38(26)27(39)18-35-32(42)43-20-21-10-5-4-6-11-21/h4-15,24,26,28-29,32,35,42H,16-20,34H2,1-3H3,(H,36,40). The van der Waals surface area contributed by atoms with Crippen molar-refractivity contribution in [3.63, 3.8) is 0 Å². The number of benzene rings is 3. The van der Waals surface area contributed by atoms with Gasteiger partial charge >= 0.3 is 0 Å². The van der Waals surface area contributed by atoms with E-state index in [-0.39, 0.29) is 43.5 Å². The summed E-state index contributed by atoms with van der Waals surface area (Å²) < 4.78 is 5.44. The van der Waals surface area contributed by atoms with Crippen LogP contribution in [-0.4, -0.2) is 76.8 Å². The van der Waals surface area contributed by atoms with E-state index in [0.29, 0.717) is 18.7 Å². The number of hydrogen-bond donors (Lipinski definition) is 4. The van der Waals surface area contributed by atoms with Crippen molar-refractivity contribution in [1.29, 1.82) is 0 Å². The molecule has 2 saturated heterocycles. The number of likely N-dealkylation sites (tertiary alicyclic amines) is 2. The van der Waals surface area contributed by atoms with Crippen LogP contribution in [-0.2, 0) is 25.7 Å². The summed E-state index contributed by atoms with van der Waals surface area (Å²) in [5.74, 6) is -1.43. The Bertz CT molecular complexity index is 1450. The van der Waals surface area contributed by atoms with E-state index >= 15 is 0 Å².